The number of pyridine rings is 1. The lowest BCUT2D eigenvalue weighted by Gasteiger charge is -2.17. The number of aromatic nitrogens is 3. The predicted octanol–water partition coefficient (Wildman–Crippen LogP) is 4.27. The molecule has 1 aliphatic heterocycles. The van der Waals surface area contributed by atoms with E-state index < -0.39 is 0 Å². The van der Waals surface area contributed by atoms with E-state index in [9.17, 15) is 4.79 Å². The minimum Gasteiger partial charge on any atom is -0.341 e. The van der Waals surface area contributed by atoms with Crippen LogP contribution < -0.4 is 0 Å². The Bertz CT molecular complexity index is 783. The van der Waals surface area contributed by atoms with E-state index in [0.717, 1.165) is 30.7 Å². The molecule has 2 aliphatic rings. The summed E-state index contributed by atoms with van der Waals surface area (Å²) in [5, 5.41) is 4.30. The molecule has 2 atom stereocenters. The molecule has 0 N–H and O–H groups in total. The van der Waals surface area contributed by atoms with E-state index in [4.69, 9.17) is 9.51 Å². The average molecular weight is 383 g/mol. The molecule has 1 saturated carbocycles. The summed E-state index contributed by atoms with van der Waals surface area (Å²) >= 11 is 0. The highest BCUT2D eigenvalue weighted by Crippen LogP contribution is 2.40. The fourth-order valence-electron chi connectivity index (χ4n) is 4.51. The average Bonchev–Trinajstić information content (AvgIpc) is 3.46. The molecular weight excluding hydrogens is 352 g/mol. The molecule has 0 bridgehead atoms. The molecule has 0 aromatic carbocycles. The third kappa shape index (κ3) is 4.10. The standard InChI is InChI=1S/C22H30N4O2/c1-15(2)9-10-20(27)26-13-18(17-8-5-11-23-12-17)19(14-26)22-24-21(25-28-22)16-6-3-4-7-16/h5,8,11-12,15-16,18-19H,3-4,6-7,9-10,13-14H2,1-2H3/t18-,19+/m0/s1. The lowest BCUT2D eigenvalue weighted by Crippen LogP contribution is -2.28. The van der Waals surface area contributed by atoms with Crippen LogP contribution in [-0.2, 0) is 4.79 Å². The minimum absolute atomic E-state index is 0.0369. The molecule has 0 radical (unpaired) electrons. The van der Waals surface area contributed by atoms with Crippen molar-refractivity contribution < 1.29 is 9.32 Å². The van der Waals surface area contributed by atoms with Gasteiger partial charge in [0, 0.05) is 43.7 Å². The van der Waals surface area contributed by atoms with Crippen LogP contribution in [-0.4, -0.2) is 39.0 Å². The Hall–Kier alpha value is -2.24. The van der Waals surface area contributed by atoms with E-state index in [0.29, 0.717) is 37.2 Å². The first kappa shape index (κ1) is 19.1. The first-order valence-electron chi connectivity index (χ1n) is 10.6. The van der Waals surface area contributed by atoms with Gasteiger partial charge in [-0.1, -0.05) is 37.9 Å². The van der Waals surface area contributed by atoms with Gasteiger partial charge in [0.1, 0.15) is 0 Å². The largest absolute Gasteiger partial charge is 0.341 e. The highest BCUT2D eigenvalue weighted by molar-refractivity contribution is 5.76. The first-order chi connectivity index (χ1) is 13.6. The molecular formula is C22H30N4O2. The quantitative estimate of drug-likeness (QED) is 0.746. The van der Waals surface area contributed by atoms with Crippen LogP contribution in [0.2, 0.25) is 0 Å². The number of hydrogen-bond donors (Lipinski definition) is 0. The Morgan fingerprint density at radius 3 is 2.75 bits per heavy atom. The summed E-state index contributed by atoms with van der Waals surface area (Å²) in [6.45, 7) is 5.64. The number of likely N-dealkylation sites (tertiary alicyclic amines) is 1. The molecule has 6 nitrogen and oxygen atoms in total. The molecule has 2 aromatic heterocycles. The molecule has 28 heavy (non-hydrogen) atoms. The first-order valence-corrected chi connectivity index (χ1v) is 10.6. The summed E-state index contributed by atoms with van der Waals surface area (Å²) in [4.78, 5) is 23.8. The zero-order valence-corrected chi connectivity index (χ0v) is 16.9. The van der Waals surface area contributed by atoms with Crippen molar-refractivity contribution in [2.45, 2.75) is 70.1 Å². The van der Waals surface area contributed by atoms with Gasteiger partial charge in [0.25, 0.3) is 0 Å². The number of nitrogens with zero attached hydrogens (tertiary/aromatic N) is 4. The summed E-state index contributed by atoms with van der Waals surface area (Å²) in [5.41, 5.74) is 1.13. The van der Waals surface area contributed by atoms with Crippen molar-refractivity contribution in [2.24, 2.45) is 5.92 Å². The van der Waals surface area contributed by atoms with Gasteiger partial charge < -0.3 is 9.42 Å². The van der Waals surface area contributed by atoms with Gasteiger partial charge in [0.15, 0.2) is 5.82 Å². The second-order valence-electron chi connectivity index (χ2n) is 8.70. The number of amides is 1. The van der Waals surface area contributed by atoms with Crippen LogP contribution in [0.3, 0.4) is 0 Å². The number of rotatable bonds is 6. The topological polar surface area (TPSA) is 72.1 Å². The molecule has 0 spiro atoms. The van der Waals surface area contributed by atoms with Gasteiger partial charge in [-0.3, -0.25) is 9.78 Å². The summed E-state index contributed by atoms with van der Waals surface area (Å²) in [7, 11) is 0. The maximum atomic E-state index is 12.8. The Morgan fingerprint density at radius 2 is 2.04 bits per heavy atom. The van der Waals surface area contributed by atoms with Gasteiger partial charge in [0.2, 0.25) is 11.8 Å². The van der Waals surface area contributed by atoms with E-state index >= 15 is 0 Å². The van der Waals surface area contributed by atoms with Crippen LogP contribution in [0, 0.1) is 5.92 Å². The van der Waals surface area contributed by atoms with Crippen molar-refractivity contribution in [1.82, 2.24) is 20.0 Å². The summed E-state index contributed by atoms with van der Waals surface area (Å²) < 4.78 is 5.72. The smallest absolute Gasteiger partial charge is 0.232 e. The predicted molar refractivity (Wildman–Crippen MR) is 106 cm³/mol. The highest BCUT2D eigenvalue weighted by atomic mass is 16.5. The van der Waals surface area contributed by atoms with Crippen LogP contribution in [0.5, 0.6) is 0 Å². The van der Waals surface area contributed by atoms with Crippen molar-refractivity contribution >= 4 is 5.91 Å². The van der Waals surface area contributed by atoms with Crippen LogP contribution >= 0.6 is 0 Å². The minimum atomic E-state index is 0.0369. The van der Waals surface area contributed by atoms with Crippen molar-refractivity contribution in [2.75, 3.05) is 13.1 Å². The van der Waals surface area contributed by atoms with Gasteiger partial charge in [0.05, 0.1) is 5.92 Å². The summed E-state index contributed by atoms with van der Waals surface area (Å²) in [5.74, 6) is 2.89. The Kier molecular flexibility index (Phi) is 5.74. The molecule has 1 amide bonds. The number of carbonyl (C=O) groups is 1. The molecule has 2 fully saturated rings. The van der Waals surface area contributed by atoms with E-state index in [2.05, 4.69) is 30.1 Å². The van der Waals surface area contributed by atoms with Crippen LogP contribution in [0.4, 0.5) is 0 Å². The third-order valence-corrected chi connectivity index (χ3v) is 6.22. The summed E-state index contributed by atoms with van der Waals surface area (Å²) in [6, 6.07) is 4.04. The Labute approximate surface area is 166 Å². The van der Waals surface area contributed by atoms with Crippen LogP contribution in [0.15, 0.2) is 29.0 Å². The molecule has 4 rings (SSSR count). The number of hydrogen-bond acceptors (Lipinski definition) is 5. The fraction of sp³-hybridized carbons (Fsp3) is 0.636. The fourth-order valence-corrected chi connectivity index (χ4v) is 4.51. The normalized spacial score (nSPS) is 23.0. The molecule has 2 aromatic rings. The van der Waals surface area contributed by atoms with Crippen molar-refractivity contribution in [3.63, 3.8) is 0 Å². The van der Waals surface area contributed by atoms with Gasteiger partial charge >= 0.3 is 0 Å². The zero-order valence-electron chi connectivity index (χ0n) is 16.9. The zero-order chi connectivity index (χ0) is 19.5. The van der Waals surface area contributed by atoms with Crippen molar-refractivity contribution in [3.05, 3.63) is 41.8 Å². The van der Waals surface area contributed by atoms with Gasteiger partial charge in [-0.2, -0.15) is 4.98 Å². The maximum Gasteiger partial charge on any atom is 0.232 e. The Balaban J connectivity index is 1.55. The van der Waals surface area contributed by atoms with E-state index in [-0.39, 0.29) is 17.7 Å². The van der Waals surface area contributed by atoms with Gasteiger partial charge in [-0.05, 0) is 36.8 Å². The molecule has 150 valence electrons. The van der Waals surface area contributed by atoms with Crippen molar-refractivity contribution in [3.8, 4) is 0 Å². The summed E-state index contributed by atoms with van der Waals surface area (Å²) in [6.07, 6.45) is 9.98. The van der Waals surface area contributed by atoms with Crippen LogP contribution in [0.25, 0.3) is 0 Å². The van der Waals surface area contributed by atoms with Gasteiger partial charge in [-0.25, -0.2) is 0 Å². The lowest BCUT2D eigenvalue weighted by atomic mass is 9.90. The number of carbonyl (C=O) groups excluding carboxylic acids is 1. The second kappa shape index (κ2) is 8.41. The maximum absolute atomic E-state index is 12.8. The molecule has 3 heterocycles. The van der Waals surface area contributed by atoms with E-state index in [1.165, 1.54) is 12.8 Å². The highest BCUT2D eigenvalue weighted by Gasteiger charge is 2.40. The van der Waals surface area contributed by atoms with Gasteiger partial charge in [-0.15, -0.1) is 0 Å². The van der Waals surface area contributed by atoms with E-state index in [1.807, 2.05) is 17.2 Å². The van der Waals surface area contributed by atoms with E-state index in [1.54, 1.807) is 6.20 Å². The van der Waals surface area contributed by atoms with Crippen LogP contribution in [0.1, 0.15) is 87.4 Å². The molecule has 1 saturated heterocycles. The third-order valence-electron chi connectivity index (χ3n) is 6.22. The van der Waals surface area contributed by atoms with Crippen molar-refractivity contribution in [1.29, 1.82) is 0 Å². The Morgan fingerprint density at radius 1 is 1.25 bits per heavy atom. The molecule has 1 aliphatic carbocycles. The molecule has 0 unspecified atom stereocenters. The second-order valence-corrected chi connectivity index (χ2v) is 8.70. The lowest BCUT2D eigenvalue weighted by molar-refractivity contribution is -0.130. The monoisotopic (exact) mass is 382 g/mol. The molecule has 6 heteroatoms. The SMILES string of the molecule is CC(C)CCC(=O)N1C[C@@H](c2cccnc2)[C@H](c2nc(C3CCCC3)no2)C1.